The van der Waals surface area contributed by atoms with Gasteiger partial charge in [0.1, 0.15) is 12.2 Å². The van der Waals surface area contributed by atoms with Gasteiger partial charge in [0.15, 0.2) is 0 Å². The van der Waals surface area contributed by atoms with Crippen LogP contribution >= 0.6 is 11.8 Å². The molecule has 78 valence electrons. The van der Waals surface area contributed by atoms with Gasteiger partial charge in [-0.05, 0) is 30.1 Å². The summed E-state index contributed by atoms with van der Waals surface area (Å²) in [5.74, 6) is 0. The van der Waals surface area contributed by atoms with Crippen LogP contribution in [0.3, 0.4) is 0 Å². The molecule has 0 unspecified atom stereocenters. The summed E-state index contributed by atoms with van der Waals surface area (Å²) in [7, 11) is 0. The van der Waals surface area contributed by atoms with Gasteiger partial charge in [-0.25, -0.2) is 0 Å². The lowest BCUT2D eigenvalue weighted by atomic mass is 10.3. The normalized spacial score (nSPS) is 10.5. The zero-order valence-corrected chi connectivity index (χ0v) is 9.61. The number of nitrogens with zero attached hydrogens (tertiary/aromatic N) is 4. The molecule has 0 aliphatic rings. The molecular formula is C10H13N4S+. The van der Waals surface area contributed by atoms with Crippen molar-refractivity contribution in [1.82, 2.24) is 15.1 Å². The summed E-state index contributed by atoms with van der Waals surface area (Å²) in [5, 5.41) is 9.63. The molecule has 0 aliphatic carbocycles. The van der Waals surface area contributed by atoms with Gasteiger partial charge in [-0.1, -0.05) is 34.6 Å². The molecule has 0 atom stereocenters. The van der Waals surface area contributed by atoms with Crippen LogP contribution in [-0.4, -0.2) is 21.4 Å². The third-order valence-electron chi connectivity index (χ3n) is 2.04. The molecule has 1 aromatic carbocycles. The fraction of sp³-hybridized carbons (Fsp3) is 0.300. The Labute approximate surface area is 92.9 Å². The molecule has 2 aromatic rings. The van der Waals surface area contributed by atoms with Crippen LogP contribution in [0.2, 0.25) is 0 Å². The van der Waals surface area contributed by atoms with E-state index >= 15 is 0 Å². The van der Waals surface area contributed by atoms with E-state index in [-0.39, 0.29) is 0 Å². The fourth-order valence-corrected chi connectivity index (χ4v) is 1.79. The third-order valence-corrected chi connectivity index (χ3v) is 2.66. The molecule has 0 saturated carbocycles. The molecule has 4 nitrogen and oxygen atoms in total. The van der Waals surface area contributed by atoms with Crippen LogP contribution in [0.1, 0.15) is 6.92 Å². The maximum absolute atomic E-state index is 4.37. The minimum Gasteiger partial charge on any atom is -0.0923 e. The van der Waals surface area contributed by atoms with Crippen LogP contribution in [0.5, 0.6) is 0 Å². The highest BCUT2D eigenvalue weighted by Crippen LogP contribution is 2.07. The van der Waals surface area contributed by atoms with Crippen LogP contribution in [0, 0.1) is 0 Å². The van der Waals surface area contributed by atoms with Crippen LogP contribution in [0.4, 0.5) is 0 Å². The topological polar surface area (TPSA) is 34.6 Å². The van der Waals surface area contributed by atoms with Crippen molar-refractivity contribution in [2.75, 3.05) is 6.26 Å². The summed E-state index contributed by atoms with van der Waals surface area (Å²) in [6.07, 6.45) is 2.00. The lowest BCUT2D eigenvalue weighted by Gasteiger charge is -1.93. The number of thioether (sulfide) groups is 1. The van der Waals surface area contributed by atoms with E-state index in [1.54, 1.807) is 16.6 Å². The van der Waals surface area contributed by atoms with Crippen molar-refractivity contribution in [2.45, 2.75) is 18.6 Å². The Morgan fingerprint density at radius 2 is 2.07 bits per heavy atom. The Kier molecular flexibility index (Phi) is 3.01. The average Bonchev–Trinajstić information content (AvgIpc) is 2.73. The van der Waals surface area contributed by atoms with Crippen molar-refractivity contribution >= 4 is 11.8 Å². The minimum absolute atomic E-state index is 0.785. The molecule has 0 bridgehead atoms. The van der Waals surface area contributed by atoms with E-state index < -0.39 is 0 Å². The molecule has 0 amide bonds. The fourth-order valence-electron chi connectivity index (χ4n) is 1.30. The quantitative estimate of drug-likeness (QED) is 0.579. The second-order valence-corrected chi connectivity index (χ2v) is 3.79. The van der Waals surface area contributed by atoms with Crippen molar-refractivity contribution in [3.05, 3.63) is 30.3 Å². The predicted molar refractivity (Wildman–Crippen MR) is 59.0 cm³/mol. The number of hydrogen-bond donors (Lipinski definition) is 0. The zero-order valence-electron chi connectivity index (χ0n) is 8.79. The van der Waals surface area contributed by atoms with Crippen LogP contribution < -0.4 is 4.68 Å². The first-order valence-electron chi connectivity index (χ1n) is 4.82. The molecule has 1 heterocycles. The van der Waals surface area contributed by atoms with Crippen molar-refractivity contribution in [3.8, 4) is 5.69 Å². The third kappa shape index (κ3) is 2.02. The van der Waals surface area contributed by atoms with Crippen molar-refractivity contribution in [2.24, 2.45) is 0 Å². The van der Waals surface area contributed by atoms with E-state index in [9.17, 15) is 0 Å². The highest BCUT2D eigenvalue weighted by Gasteiger charge is 2.18. The van der Waals surface area contributed by atoms with Gasteiger partial charge in [0.25, 0.3) is 0 Å². The Bertz CT molecular complexity index is 438. The Hall–Kier alpha value is -1.36. The van der Waals surface area contributed by atoms with Gasteiger partial charge >= 0.3 is 5.16 Å². The molecule has 0 saturated heterocycles. The number of tetrazole rings is 1. The molecule has 0 spiro atoms. The molecule has 15 heavy (non-hydrogen) atoms. The van der Waals surface area contributed by atoms with Gasteiger partial charge < -0.3 is 0 Å². The first-order chi connectivity index (χ1) is 7.35. The van der Waals surface area contributed by atoms with E-state index in [4.69, 9.17) is 0 Å². The molecule has 2 rings (SSSR count). The molecule has 0 N–H and O–H groups in total. The maximum Gasteiger partial charge on any atom is 0.362 e. The highest BCUT2D eigenvalue weighted by molar-refractivity contribution is 7.98. The van der Waals surface area contributed by atoms with E-state index in [1.807, 2.05) is 48.2 Å². The first kappa shape index (κ1) is 10.2. The van der Waals surface area contributed by atoms with Crippen LogP contribution in [0.25, 0.3) is 5.69 Å². The average molecular weight is 221 g/mol. The molecule has 5 heteroatoms. The second kappa shape index (κ2) is 4.44. The van der Waals surface area contributed by atoms with E-state index in [0.717, 1.165) is 17.4 Å². The summed E-state index contributed by atoms with van der Waals surface area (Å²) >= 11 is 1.59. The number of aryl methyl sites for hydroxylation is 1. The van der Waals surface area contributed by atoms with Gasteiger partial charge in [-0.3, -0.25) is 0 Å². The standard InChI is InChI=1S/C10H13N4S/c1-3-13-11-10(15-2)14(12-13)9-7-5-4-6-8-9/h4-8H,3H2,1-2H3/q+1. The number of para-hydroxylation sites is 1. The number of benzene rings is 1. The van der Waals surface area contributed by atoms with Crippen molar-refractivity contribution in [3.63, 3.8) is 0 Å². The SMILES string of the molecule is CCn1nc(SC)[n+](-c2ccccc2)n1. The lowest BCUT2D eigenvalue weighted by molar-refractivity contribution is -0.699. The minimum atomic E-state index is 0.785. The van der Waals surface area contributed by atoms with Crippen molar-refractivity contribution < 1.29 is 4.68 Å². The summed E-state index contributed by atoms with van der Waals surface area (Å²) in [6, 6.07) is 10.0. The van der Waals surface area contributed by atoms with Gasteiger partial charge in [-0.15, -0.1) is 0 Å². The summed E-state index contributed by atoms with van der Waals surface area (Å²) < 4.78 is 1.86. The van der Waals surface area contributed by atoms with Crippen LogP contribution in [-0.2, 0) is 6.54 Å². The number of aromatic nitrogens is 4. The molecular weight excluding hydrogens is 208 g/mol. The van der Waals surface area contributed by atoms with E-state index in [2.05, 4.69) is 10.3 Å². The maximum atomic E-state index is 4.37. The van der Waals surface area contributed by atoms with E-state index in [1.165, 1.54) is 0 Å². The summed E-state index contributed by atoms with van der Waals surface area (Å²) in [6.45, 7) is 2.81. The number of hydrogen-bond acceptors (Lipinski definition) is 3. The van der Waals surface area contributed by atoms with Gasteiger partial charge in [0.2, 0.25) is 0 Å². The zero-order chi connectivity index (χ0) is 10.7. The van der Waals surface area contributed by atoms with Crippen LogP contribution in [0.15, 0.2) is 35.5 Å². The molecule has 1 aromatic heterocycles. The highest BCUT2D eigenvalue weighted by atomic mass is 32.2. The Morgan fingerprint density at radius 3 is 2.67 bits per heavy atom. The van der Waals surface area contributed by atoms with Crippen molar-refractivity contribution in [1.29, 1.82) is 0 Å². The number of rotatable bonds is 3. The Balaban J connectivity index is 2.47. The first-order valence-corrected chi connectivity index (χ1v) is 6.04. The molecule has 0 radical (unpaired) electrons. The lowest BCUT2D eigenvalue weighted by Crippen LogP contribution is -2.35. The molecule has 0 fully saturated rings. The largest absolute Gasteiger partial charge is 0.362 e. The predicted octanol–water partition coefficient (Wildman–Crippen LogP) is 1.30. The van der Waals surface area contributed by atoms with Gasteiger partial charge in [-0.2, -0.15) is 0 Å². The smallest absolute Gasteiger partial charge is 0.0923 e. The van der Waals surface area contributed by atoms with E-state index in [0.29, 0.717) is 0 Å². The van der Waals surface area contributed by atoms with Gasteiger partial charge in [0.05, 0.1) is 10.3 Å². The van der Waals surface area contributed by atoms with Gasteiger partial charge in [0, 0.05) is 0 Å². The summed E-state index contributed by atoms with van der Waals surface area (Å²) in [4.78, 5) is 1.69. The Morgan fingerprint density at radius 1 is 1.33 bits per heavy atom. The summed E-state index contributed by atoms with van der Waals surface area (Å²) in [5.41, 5.74) is 1.04. The molecule has 0 aliphatic heterocycles. The second-order valence-electron chi connectivity index (χ2n) is 3.01. The monoisotopic (exact) mass is 221 g/mol.